The highest BCUT2D eigenvalue weighted by atomic mass is 35.5. The monoisotopic (exact) mass is 300 g/mol. The van der Waals surface area contributed by atoms with E-state index in [1.165, 1.54) is 0 Å². The first-order valence-electron chi connectivity index (χ1n) is 6.57. The third-order valence-corrected chi connectivity index (χ3v) is 3.47. The van der Waals surface area contributed by atoms with Crippen LogP contribution in [0.2, 0.25) is 5.02 Å². The average molecular weight is 301 g/mol. The van der Waals surface area contributed by atoms with E-state index in [-0.39, 0.29) is 6.42 Å². The number of rotatable bonds is 6. The van der Waals surface area contributed by atoms with Crippen LogP contribution in [-0.2, 0) is 4.79 Å². The van der Waals surface area contributed by atoms with Crippen LogP contribution in [0.4, 0.5) is 0 Å². The Morgan fingerprint density at radius 3 is 2.55 bits per heavy atom. The number of carboxylic acids is 1. The summed E-state index contributed by atoms with van der Waals surface area (Å²) in [6.45, 7) is 0.962. The topological polar surface area (TPSA) is 76.0 Å². The van der Waals surface area contributed by atoms with Gasteiger partial charge in [0, 0.05) is 18.1 Å². The average Bonchev–Trinajstić information content (AvgIpc) is 2.42. The van der Waals surface area contributed by atoms with Crippen molar-refractivity contribution in [1.82, 2.24) is 0 Å². The molecule has 1 aliphatic rings. The molecule has 2 rings (SSSR count). The Bertz CT molecular complexity index is 489. The minimum atomic E-state index is -0.822. The molecule has 1 unspecified atom stereocenters. The van der Waals surface area contributed by atoms with E-state index in [1.807, 2.05) is 0 Å². The largest absolute Gasteiger partial charge is 0.486 e. The summed E-state index contributed by atoms with van der Waals surface area (Å²) in [4.78, 5) is 10.4. The predicted molar refractivity (Wildman–Crippen MR) is 73.5 cm³/mol. The number of halogens is 1. The van der Waals surface area contributed by atoms with Gasteiger partial charge in [-0.3, -0.25) is 4.79 Å². The molecule has 1 aromatic carbocycles. The van der Waals surface area contributed by atoms with Crippen molar-refractivity contribution >= 4 is 17.6 Å². The van der Waals surface area contributed by atoms with E-state index in [9.17, 15) is 9.90 Å². The molecule has 1 aliphatic heterocycles. The summed E-state index contributed by atoms with van der Waals surface area (Å²) in [5.41, 5.74) is 0.589. The Labute approximate surface area is 122 Å². The van der Waals surface area contributed by atoms with Crippen LogP contribution in [0.1, 0.15) is 37.4 Å². The normalized spacial score (nSPS) is 14.9. The molecule has 0 aliphatic carbocycles. The van der Waals surface area contributed by atoms with Crippen LogP contribution in [0.3, 0.4) is 0 Å². The molecule has 1 aromatic rings. The molecule has 5 nitrogen and oxygen atoms in total. The smallest absolute Gasteiger partial charge is 0.303 e. The Kier molecular flexibility index (Phi) is 5.09. The van der Waals surface area contributed by atoms with Gasteiger partial charge >= 0.3 is 5.97 Å². The highest BCUT2D eigenvalue weighted by Gasteiger charge is 2.19. The fraction of sp³-hybridized carbons (Fsp3) is 0.500. The summed E-state index contributed by atoms with van der Waals surface area (Å²) in [5, 5.41) is 19.1. The molecule has 2 N–H and O–H groups in total. The second kappa shape index (κ2) is 6.81. The number of aliphatic hydroxyl groups is 1. The molecular formula is C14H17ClO5. The van der Waals surface area contributed by atoms with Crippen LogP contribution in [0.25, 0.3) is 0 Å². The molecule has 6 heteroatoms. The third-order valence-electron chi connectivity index (χ3n) is 3.14. The van der Waals surface area contributed by atoms with E-state index in [4.69, 9.17) is 26.2 Å². The third kappa shape index (κ3) is 3.77. The quantitative estimate of drug-likeness (QED) is 0.790. The highest BCUT2D eigenvalue weighted by Crippen LogP contribution is 2.38. The molecule has 0 fully saturated rings. The van der Waals surface area contributed by atoms with Crippen molar-refractivity contribution in [2.45, 2.75) is 31.8 Å². The standard InChI is InChI=1S/C14H17ClO5/c15-10-8-13-12(19-5-6-20-13)7-9(10)11(16)3-1-2-4-14(17)18/h7-8,11,16H,1-6H2,(H,17,18). The molecular weight excluding hydrogens is 284 g/mol. The van der Waals surface area contributed by atoms with E-state index in [0.717, 1.165) is 0 Å². The summed E-state index contributed by atoms with van der Waals surface area (Å²) in [7, 11) is 0. The zero-order valence-corrected chi connectivity index (χ0v) is 11.7. The van der Waals surface area contributed by atoms with Crippen LogP contribution in [0.15, 0.2) is 12.1 Å². The van der Waals surface area contributed by atoms with E-state index in [1.54, 1.807) is 12.1 Å². The molecule has 20 heavy (non-hydrogen) atoms. The van der Waals surface area contributed by atoms with Gasteiger partial charge in [0.15, 0.2) is 11.5 Å². The minimum Gasteiger partial charge on any atom is -0.486 e. The van der Waals surface area contributed by atoms with Crippen molar-refractivity contribution in [3.05, 3.63) is 22.7 Å². The summed E-state index contributed by atoms with van der Waals surface area (Å²) in [6.07, 6.45) is 1.01. The molecule has 0 saturated carbocycles. The van der Waals surface area contributed by atoms with Gasteiger partial charge in [-0.2, -0.15) is 0 Å². The molecule has 0 amide bonds. The number of hydrogen-bond acceptors (Lipinski definition) is 4. The molecule has 0 saturated heterocycles. The molecule has 0 spiro atoms. The lowest BCUT2D eigenvalue weighted by atomic mass is 10.0. The summed E-state index contributed by atoms with van der Waals surface area (Å²) >= 11 is 6.13. The maximum absolute atomic E-state index is 10.4. The van der Waals surface area contributed by atoms with E-state index in [0.29, 0.717) is 54.6 Å². The zero-order valence-electron chi connectivity index (χ0n) is 11.0. The summed E-state index contributed by atoms with van der Waals surface area (Å²) in [6, 6.07) is 3.34. The molecule has 1 heterocycles. The number of aliphatic hydroxyl groups excluding tert-OH is 1. The van der Waals surface area contributed by atoms with Gasteiger partial charge in [-0.15, -0.1) is 0 Å². The number of fused-ring (bicyclic) bond motifs is 1. The van der Waals surface area contributed by atoms with E-state index in [2.05, 4.69) is 0 Å². The van der Waals surface area contributed by atoms with Gasteiger partial charge in [0.25, 0.3) is 0 Å². The number of benzene rings is 1. The van der Waals surface area contributed by atoms with Crippen molar-refractivity contribution in [2.24, 2.45) is 0 Å². The Morgan fingerprint density at radius 1 is 1.25 bits per heavy atom. The van der Waals surface area contributed by atoms with Crippen LogP contribution >= 0.6 is 11.6 Å². The van der Waals surface area contributed by atoms with Crippen molar-refractivity contribution in [3.8, 4) is 11.5 Å². The second-order valence-electron chi connectivity index (χ2n) is 4.67. The van der Waals surface area contributed by atoms with Gasteiger partial charge < -0.3 is 19.7 Å². The fourth-order valence-corrected chi connectivity index (χ4v) is 2.38. The SMILES string of the molecule is O=C(O)CCCCC(O)c1cc2c(cc1Cl)OCCO2. The Morgan fingerprint density at radius 2 is 1.90 bits per heavy atom. The van der Waals surface area contributed by atoms with Crippen LogP contribution < -0.4 is 9.47 Å². The van der Waals surface area contributed by atoms with Crippen LogP contribution in [0.5, 0.6) is 11.5 Å². The maximum Gasteiger partial charge on any atom is 0.303 e. The molecule has 0 radical (unpaired) electrons. The molecule has 0 aromatic heterocycles. The van der Waals surface area contributed by atoms with Gasteiger partial charge in [0.1, 0.15) is 13.2 Å². The number of ether oxygens (including phenoxy) is 2. The van der Waals surface area contributed by atoms with Gasteiger partial charge in [-0.05, 0) is 25.3 Å². The van der Waals surface area contributed by atoms with Gasteiger partial charge in [0.05, 0.1) is 11.1 Å². The van der Waals surface area contributed by atoms with Crippen LogP contribution in [-0.4, -0.2) is 29.4 Å². The van der Waals surface area contributed by atoms with E-state index < -0.39 is 12.1 Å². The lowest BCUT2D eigenvalue weighted by Gasteiger charge is -2.21. The number of hydrogen-bond donors (Lipinski definition) is 2. The minimum absolute atomic E-state index is 0.113. The molecule has 1 atom stereocenters. The maximum atomic E-state index is 10.4. The first-order valence-corrected chi connectivity index (χ1v) is 6.94. The van der Waals surface area contributed by atoms with Gasteiger partial charge in [-0.25, -0.2) is 0 Å². The Hall–Kier alpha value is -1.46. The number of carboxylic acid groups (broad SMARTS) is 1. The number of aliphatic carboxylic acids is 1. The number of carbonyl (C=O) groups is 1. The summed E-state index contributed by atoms with van der Waals surface area (Å²) in [5.74, 6) is 0.347. The van der Waals surface area contributed by atoms with E-state index >= 15 is 0 Å². The first-order chi connectivity index (χ1) is 9.58. The number of unbranched alkanes of at least 4 members (excludes halogenated alkanes) is 1. The van der Waals surface area contributed by atoms with Gasteiger partial charge in [-0.1, -0.05) is 11.6 Å². The summed E-state index contributed by atoms with van der Waals surface area (Å²) < 4.78 is 10.9. The van der Waals surface area contributed by atoms with Crippen LogP contribution in [0, 0.1) is 0 Å². The molecule has 0 bridgehead atoms. The Balaban J connectivity index is 1.98. The highest BCUT2D eigenvalue weighted by molar-refractivity contribution is 6.31. The lowest BCUT2D eigenvalue weighted by molar-refractivity contribution is -0.137. The van der Waals surface area contributed by atoms with Crippen molar-refractivity contribution in [2.75, 3.05) is 13.2 Å². The van der Waals surface area contributed by atoms with Crippen molar-refractivity contribution in [1.29, 1.82) is 0 Å². The lowest BCUT2D eigenvalue weighted by Crippen LogP contribution is -2.16. The second-order valence-corrected chi connectivity index (χ2v) is 5.08. The molecule has 110 valence electrons. The van der Waals surface area contributed by atoms with Gasteiger partial charge in [0.2, 0.25) is 0 Å². The predicted octanol–water partition coefficient (Wildman–Crippen LogP) is 2.79. The zero-order chi connectivity index (χ0) is 14.5. The van der Waals surface area contributed by atoms with Crippen molar-refractivity contribution in [3.63, 3.8) is 0 Å². The fourth-order valence-electron chi connectivity index (χ4n) is 2.10. The first kappa shape index (κ1) is 14.9. The van der Waals surface area contributed by atoms with Crippen molar-refractivity contribution < 1.29 is 24.5 Å².